The molecule has 116 valence electrons. The zero-order valence-corrected chi connectivity index (χ0v) is 13.3. The van der Waals surface area contributed by atoms with Crippen LogP contribution in [0.3, 0.4) is 0 Å². The Labute approximate surface area is 128 Å². The summed E-state index contributed by atoms with van der Waals surface area (Å²) in [5.41, 5.74) is 2.64. The van der Waals surface area contributed by atoms with Crippen LogP contribution in [-0.4, -0.2) is 32.3 Å². The van der Waals surface area contributed by atoms with E-state index in [4.69, 9.17) is 4.74 Å². The van der Waals surface area contributed by atoms with Crippen LogP contribution in [0.1, 0.15) is 33.1 Å². The van der Waals surface area contributed by atoms with Crippen LogP contribution in [0.2, 0.25) is 0 Å². The predicted molar refractivity (Wildman–Crippen MR) is 89.1 cm³/mol. The summed E-state index contributed by atoms with van der Waals surface area (Å²) in [6.07, 6.45) is 4.02. The minimum atomic E-state index is 0.607. The summed E-state index contributed by atoms with van der Waals surface area (Å²) in [4.78, 5) is 2.45. The Morgan fingerprint density at radius 1 is 1.10 bits per heavy atom. The molecule has 1 aromatic rings. The number of morpholine rings is 1. The van der Waals surface area contributed by atoms with Gasteiger partial charge in [0.15, 0.2) is 0 Å². The Kier molecular flexibility index (Phi) is 4.69. The highest BCUT2D eigenvalue weighted by molar-refractivity contribution is 5.70. The third-order valence-electron chi connectivity index (χ3n) is 5.30. The van der Waals surface area contributed by atoms with Crippen LogP contribution in [0.15, 0.2) is 24.3 Å². The molecule has 3 heteroatoms. The highest BCUT2D eigenvalue weighted by Crippen LogP contribution is 2.34. The Bertz CT molecular complexity index is 456. The van der Waals surface area contributed by atoms with Gasteiger partial charge in [-0.2, -0.15) is 0 Å². The van der Waals surface area contributed by atoms with Crippen molar-refractivity contribution in [2.24, 2.45) is 11.8 Å². The lowest BCUT2D eigenvalue weighted by molar-refractivity contribution is 0.123. The minimum Gasteiger partial charge on any atom is -0.380 e. The normalized spacial score (nSPS) is 30.2. The molecule has 3 atom stereocenters. The van der Waals surface area contributed by atoms with E-state index in [1.54, 1.807) is 0 Å². The predicted octanol–water partition coefficient (Wildman–Crippen LogP) is 3.76. The molecule has 1 saturated heterocycles. The fourth-order valence-electron chi connectivity index (χ4n) is 3.66. The van der Waals surface area contributed by atoms with Gasteiger partial charge < -0.3 is 15.0 Å². The molecule has 3 unspecified atom stereocenters. The summed E-state index contributed by atoms with van der Waals surface area (Å²) in [5.74, 6) is 1.57. The second-order valence-corrected chi connectivity index (χ2v) is 6.63. The first-order chi connectivity index (χ1) is 10.3. The van der Waals surface area contributed by atoms with Gasteiger partial charge in [0.05, 0.1) is 24.6 Å². The van der Waals surface area contributed by atoms with Gasteiger partial charge in [-0.15, -0.1) is 0 Å². The standard InChI is InChI=1S/C18H28N2O/c1-14-6-5-8-16(15(14)2)19-17-7-3-4-9-18(17)20-10-12-21-13-11-20/h3-4,7,9,14-16,19H,5-6,8,10-13H2,1-2H3. The van der Waals surface area contributed by atoms with E-state index in [0.29, 0.717) is 6.04 Å². The number of hydrogen-bond donors (Lipinski definition) is 1. The Balaban J connectivity index is 1.75. The molecule has 1 N–H and O–H groups in total. The van der Waals surface area contributed by atoms with E-state index in [1.807, 2.05) is 0 Å². The molecule has 3 nitrogen and oxygen atoms in total. The number of anilines is 2. The first kappa shape index (κ1) is 14.7. The Morgan fingerprint density at radius 2 is 1.86 bits per heavy atom. The van der Waals surface area contributed by atoms with Gasteiger partial charge in [0.1, 0.15) is 0 Å². The minimum absolute atomic E-state index is 0.607. The van der Waals surface area contributed by atoms with Crippen molar-refractivity contribution in [3.8, 4) is 0 Å². The summed E-state index contributed by atoms with van der Waals surface area (Å²) in [5, 5.41) is 3.84. The van der Waals surface area contributed by atoms with Gasteiger partial charge in [0.25, 0.3) is 0 Å². The van der Waals surface area contributed by atoms with Crippen molar-refractivity contribution < 1.29 is 4.74 Å². The highest BCUT2D eigenvalue weighted by Gasteiger charge is 2.27. The van der Waals surface area contributed by atoms with Crippen LogP contribution in [-0.2, 0) is 4.74 Å². The molecule has 0 bridgehead atoms. The molecule has 0 amide bonds. The van der Waals surface area contributed by atoms with Gasteiger partial charge in [0, 0.05) is 19.1 Å². The van der Waals surface area contributed by atoms with Crippen LogP contribution in [0.5, 0.6) is 0 Å². The number of nitrogens with zero attached hydrogens (tertiary/aromatic N) is 1. The molecule has 2 fully saturated rings. The van der Waals surface area contributed by atoms with Gasteiger partial charge in [-0.05, 0) is 30.4 Å². The monoisotopic (exact) mass is 288 g/mol. The average molecular weight is 288 g/mol. The second-order valence-electron chi connectivity index (χ2n) is 6.63. The molecule has 0 radical (unpaired) electrons. The fraction of sp³-hybridized carbons (Fsp3) is 0.667. The van der Waals surface area contributed by atoms with Crippen LogP contribution in [0.25, 0.3) is 0 Å². The molecule has 1 saturated carbocycles. The summed E-state index contributed by atoms with van der Waals surface area (Å²) >= 11 is 0. The third kappa shape index (κ3) is 3.34. The van der Waals surface area contributed by atoms with E-state index >= 15 is 0 Å². The van der Waals surface area contributed by atoms with Crippen LogP contribution < -0.4 is 10.2 Å². The molecule has 1 aromatic carbocycles. The molecule has 0 spiro atoms. The lowest BCUT2D eigenvalue weighted by Crippen LogP contribution is -2.38. The van der Waals surface area contributed by atoms with Crippen molar-refractivity contribution in [2.75, 3.05) is 36.5 Å². The van der Waals surface area contributed by atoms with Crippen LogP contribution in [0.4, 0.5) is 11.4 Å². The molecule has 1 aliphatic heterocycles. The van der Waals surface area contributed by atoms with Crippen LogP contribution >= 0.6 is 0 Å². The quantitative estimate of drug-likeness (QED) is 0.916. The zero-order valence-electron chi connectivity index (χ0n) is 13.3. The van der Waals surface area contributed by atoms with E-state index in [9.17, 15) is 0 Å². The number of benzene rings is 1. The summed E-state index contributed by atoms with van der Waals surface area (Å²) in [7, 11) is 0. The van der Waals surface area contributed by atoms with Gasteiger partial charge in [-0.3, -0.25) is 0 Å². The van der Waals surface area contributed by atoms with Crippen molar-refractivity contribution >= 4 is 11.4 Å². The summed E-state index contributed by atoms with van der Waals surface area (Å²) in [6.45, 7) is 8.46. The number of nitrogens with one attached hydrogen (secondary N) is 1. The summed E-state index contributed by atoms with van der Waals surface area (Å²) < 4.78 is 5.48. The molecule has 3 rings (SSSR count). The highest BCUT2D eigenvalue weighted by atomic mass is 16.5. The SMILES string of the molecule is CC1CCCC(Nc2ccccc2N2CCOCC2)C1C. The second kappa shape index (κ2) is 6.69. The van der Waals surface area contributed by atoms with E-state index in [2.05, 4.69) is 48.3 Å². The first-order valence-corrected chi connectivity index (χ1v) is 8.44. The molecule has 1 heterocycles. The van der Waals surface area contributed by atoms with Crippen molar-refractivity contribution in [1.82, 2.24) is 0 Å². The molecule has 21 heavy (non-hydrogen) atoms. The lowest BCUT2D eigenvalue weighted by atomic mass is 9.78. The van der Waals surface area contributed by atoms with E-state index in [-0.39, 0.29) is 0 Å². The Morgan fingerprint density at radius 3 is 2.67 bits per heavy atom. The lowest BCUT2D eigenvalue weighted by Gasteiger charge is -2.37. The summed E-state index contributed by atoms with van der Waals surface area (Å²) in [6, 6.07) is 9.36. The zero-order chi connectivity index (χ0) is 14.7. The van der Waals surface area contributed by atoms with E-state index in [1.165, 1.54) is 30.6 Å². The van der Waals surface area contributed by atoms with E-state index < -0.39 is 0 Å². The number of rotatable bonds is 3. The van der Waals surface area contributed by atoms with Gasteiger partial charge in [-0.25, -0.2) is 0 Å². The van der Waals surface area contributed by atoms with Gasteiger partial charge in [0.2, 0.25) is 0 Å². The molecular formula is C18H28N2O. The maximum absolute atomic E-state index is 5.48. The molecular weight excluding hydrogens is 260 g/mol. The fourth-order valence-corrected chi connectivity index (χ4v) is 3.66. The van der Waals surface area contributed by atoms with Gasteiger partial charge in [-0.1, -0.05) is 38.8 Å². The third-order valence-corrected chi connectivity index (χ3v) is 5.30. The Hall–Kier alpha value is -1.22. The van der Waals surface area contributed by atoms with Crippen molar-refractivity contribution in [3.05, 3.63) is 24.3 Å². The number of para-hydroxylation sites is 2. The van der Waals surface area contributed by atoms with Gasteiger partial charge >= 0.3 is 0 Å². The average Bonchev–Trinajstić information content (AvgIpc) is 2.53. The van der Waals surface area contributed by atoms with Crippen molar-refractivity contribution in [2.45, 2.75) is 39.2 Å². The largest absolute Gasteiger partial charge is 0.380 e. The number of ether oxygens (including phenoxy) is 1. The molecule has 1 aliphatic carbocycles. The number of hydrogen-bond acceptors (Lipinski definition) is 3. The van der Waals surface area contributed by atoms with Crippen molar-refractivity contribution in [1.29, 1.82) is 0 Å². The van der Waals surface area contributed by atoms with E-state index in [0.717, 1.165) is 38.1 Å². The topological polar surface area (TPSA) is 24.5 Å². The first-order valence-electron chi connectivity index (χ1n) is 8.44. The van der Waals surface area contributed by atoms with Crippen molar-refractivity contribution in [3.63, 3.8) is 0 Å². The smallest absolute Gasteiger partial charge is 0.0642 e. The molecule has 0 aromatic heterocycles. The maximum Gasteiger partial charge on any atom is 0.0642 e. The van der Waals surface area contributed by atoms with Crippen LogP contribution in [0, 0.1) is 11.8 Å². The molecule has 2 aliphatic rings. The maximum atomic E-state index is 5.48.